The van der Waals surface area contributed by atoms with E-state index in [2.05, 4.69) is 32.2 Å². The van der Waals surface area contributed by atoms with Gasteiger partial charge in [-0.2, -0.15) is 0 Å². The Bertz CT molecular complexity index is 384. The molecule has 2 heteroatoms. The number of hydrogen-bond donors (Lipinski definition) is 1. The molecule has 2 nitrogen and oxygen atoms in total. The smallest absolute Gasteiger partial charge is 0.101 e. The number of hydrogen-bond acceptors (Lipinski definition) is 2. The summed E-state index contributed by atoms with van der Waals surface area (Å²) in [4.78, 5) is 0. The second-order valence-corrected chi connectivity index (χ2v) is 6.45. The molecule has 1 N–H and O–H groups in total. The van der Waals surface area contributed by atoms with Crippen molar-refractivity contribution in [2.45, 2.75) is 59.4 Å². The van der Waals surface area contributed by atoms with Crippen molar-refractivity contribution >= 4 is 0 Å². The first-order valence-corrected chi connectivity index (χ1v) is 7.90. The van der Waals surface area contributed by atoms with Crippen LogP contribution in [0.25, 0.3) is 0 Å². The van der Waals surface area contributed by atoms with Gasteiger partial charge in [0, 0.05) is 11.6 Å². The highest BCUT2D eigenvalue weighted by Gasteiger charge is 2.31. The van der Waals surface area contributed by atoms with Gasteiger partial charge in [-0.15, -0.1) is 0 Å². The predicted molar refractivity (Wildman–Crippen MR) is 80.1 cm³/mol. The van der Waals surface area contributed by atoms with Crippen molar-refractivity contribution in [2.24, 2.45) is 17.8 Å². The SMILES string of the molecule is CCCNC(c1coc(C)c1)C1CCC(C)C(C)C1. The van der Waals surface area contributed by atoms with Crippen molar-refractivity contribution in [1.82, 2.24) is 5.32 Å². The molecule has 108 valence electrons. The van der Waals surface area contributed by atoms with Crippen LogP contribution in [0.2, 0.25) is 0 Å². The minimum Gasteiger partial charge on any atom is -0.469 e. The zero-order valence-electron chi connectivity index (χ0n) is 12.9. The number of nitrogens with one attached hydrogen (secondary N) is 1. The minimum absolute atomic E-state index is 0.479. The number of rotatable bonds is 5. The lowest BCUT2D eigenvalue weighted by atomic mass is 9.72. The average molecular weight is 263 g/mol. The largest absolute Gasteiger partial charge is 0.469 e. The van der Waals surface area contributed by atoms with Gasteiger partial charge in [0.25, 0.3) is 0 Å². The highest BCUT2D eigenvalue weighted by Crippen LogP contribution is 2.40. The third-order valence-electron chi connectivity index (χ3n) is 4.83. The zero-order chi connectivity index (χ0) is 13.8. The summed E-state index contributed by atoms with van der Waals surface area (Å²) in [5.41, 5.74) is 1.35. The molecule has 0 amide bonds. The molecule has 1 saturated carbocycles. The van der Waals surface area contributed by atoms with E-state index in [0.717, 1.165) is 30.1 Å². The van der Waals surface area contributed by atoms with Crippen molar-refractivity contribution in [1.29, 1.82) is 0 Å². The van der Waals surface area contributed by atoms with E-state index in [-0.39, 0.29) is 0 Å². The van der Waals surface area contributed by atoms with Crippen LogP contribution in [-0.2, 0) is 0 Å². The fourth-order valence-electron chi connectivity index (χ4n) is 3.38. The lowest BCUT2D eigenvalue weighted by Gasteiger charge is -2.37. The second kappa shape index (κ2) is 6.60. The molecule has 0 saturated heterocycles. The molecule has 0 radical (unpaired) electrons. The zero-order valence-corrected chi connectivity index (χ0v) is 12.9. The van der Waals surface area contributed by atoms with E-state index in [1.54, 1.807) is 0 Å². The van der Waals surface area contributed by atoms with Crippen molar-refractivity contribution in [2.75, 3.05) is 6.54 Å². The van der Waals surface area contributed by atoms with Gasteiger partial charge in [-0.3, -0.25) is 0 Å². The van der Waals surface area contributed by atoms with Gasteiger partial charge in [0.1, 0.15) is 5.76 Å². The highest BCUT2D eigenvalue weighted by molar-refractivity contribution is 5.17. The van der Waals surface area contributed by atoms with E-state index < -0.39 is 0 Å². The summed E-state index contributed by atoms with van der Waals surface area (Å²) >= 11 is 0. The molecule has 4 unspecified atom stereocenters. The second-order valence-electron chi connectivity index (χ2n) is 6.45. The molecule has 0 bridgehead atoms. The predicted octanol–water partition coefficient (Wildman–Crippen LogP) is 4.70. The van der Waals surface area contributed by atoms with E-state index in [9.17, 15) is 0 Å². The normalized spacial score (nSPS) is 29.4. The molecule has 1 fully saturated rings. The molecular formula is C17H29NO. The molecule has 0 aliphatic heterocycles. The van der Waals surface area contributed by atoms with E-state index in [1.165, 1.54) is 31.2 Å². The first kappa shape index (κ1) is 14.6. The number of aryl methyl sites for hydroxylation is 1. The van der Waals surface area contributed by atoms with Gasteiger partial charge in [-0.1, -0.05) is 27.2 Å². The standard InChI is InChI=1S/C17H29NO/c1-5-8-18-17(16-10-14(4)19-11-16)15-7-6-12(2)13(3)9-15/h10-13,15,17-18H,5-9H2,1-4H3. The third-order valence-corrected chi connectivity index (χ3v) is 4.83. The topological polar surface area (TPSA) is 25.2 Å². The number of furan rings is 1. The third kappa shape index (κ3) is 3.62. The average Bonchev–Trinajstić information content (AvgIpc) is 2.80. The molecule has 2 rings (SSSR count). The quantitative estimate of drug-likeness (QED) is 0.833. The summed E-state index contributed by atoms with van der Waals surface area (Å²) in [5, 5.41) is 3.74. The van der Waals surface area contributed by atoms with Crippen LogP contribution in [0.5, 0.6) is 0 Å². The Hall–Kier alpha value is -0.760. The molecule has 0 aromatic carbocycles. The van der Waals surface area contributed by atoms with E-state index in [1.807, 2.05) is 13.2 Å². The summed E-state index contributed by atoms with van der Waals surface area (Å²) in [7, 11) is 0. The molecule has 0 spiro atoms. The van der Waals surface area contributed by atoms with Gasteiger partial charge in [0.15, 0.2) is 0 Å². The van der Waals surface area contributed by atoms with Gasteiger partial charge in [-0.25, -0.2) is 0 Å². The monoisotopic (exact) mass is 263 g/mol. The van der Waals surface area contributed by atoms with Gasteiger partial charge >= 0.3 is 0 Å². The van der Waals surface area contributed by atoms with Crippen LogP contribution in [0.4, 0.5) is 0 Å². The van der Waals surface area contributed by atoms with Crippen molar-refractivity contribution in [3.8, 4) is 0 Å². The molecular weight excluding hydrogens is 234 g/mol. The van der Waals surface area contributed by atoms with Crippen LogP contribution in [0.3, 0.4) is 0 Å². The Labute approximate surface area is 118 Å². The maximum atomic E-state index is 5.52. The van der Waals surface area contributed by atoms with Crippen LogP contribution in [0.15, 0.2) is 16.7 Å². The van der Waals surface area contributed by atoms with E-state index >= 15 is 0 Å². The molecule has 19 heavy (non-hydrogen) atoms. The Morgan fingerprint density at radius 2 is 2.11 bits per heavy atom. The summed E-state index contributed by atoms with van der Waals surface area (Å²) < 4.78 is 5.52. The van der Waals surface area contributed by atoms with E-state index in [0.29, 0.717) is 6.04 Å². The van der Waals surface area contributed by atoms with Crippen molar-refractivity contribution in [3.63, 3.8) is 0 Å². The first-order valence-electron chi connectivity index (χ1n) is 7.90. The Morgan fingerprint density at radius 1 is 1.32 bits per heavy atom. The van der Waals surface area contributed by atoms with Crippen LogP contribution in [-0.4, -0.2) is 6.54 Å². The maximum Gasteiger partial charge on any atom is 0.101 e. The van der Waals surface area contributed by atoms with Crippen molar-refractivity contribution in [3.05, 3.63) is 23.7 Å². The summed E-state index contributed by atoms with van der Waals surface area (Å²) in [6.07, 6.45) is 7.19. The van der Waals surface area contributed by atoms with E-state index in [4.69, 9.17) is 4.42 Å². The fourth-order valence-corrected chi connectivity index (χ4v) is 3.38. The lowest BCUT2D eigenvalue weighted by molar-refractivity contribution is 0.171. The van der Waals surface area contributed by atoms with Crippen LogP contribution >= 0.6 is 0 Å². The van der Waals surface area contributed by atoms with Gasteiger partial charge in [-0.05, 0) is 56.6 Å². The summed E-state index contributed by atoms with van der Waals surface area (Å²) in [6.45, 7) is 10.2. The molecule has 4 atom stereocenters. The Balaban J connectivity index is 2.09. The Morgan fingerprint density at radius 3 is 2.68 bits per heavy atom. The molecule has 1 aromatic rings. The summed E-state index contributed by atoms with van der Waals surface area (Å²) in [6, 6.07) is 2.68. The first-order chi connectivity index (χ1) is 9.11. The lowest BCUT2D eigenvalue weighted by Crippen LogP contribution is -2.33. The molecule has 1 heterocycles. The summed E-state index contributed by atoms with van der Waals surface area (Å²) in [5.74, 6) is 3.51. The Kier molecular flexibility index (Phi) is 5.09. The molecule has 1 aliphatic rings. The van der Waals surface area contributed by atoms with Crippen LogP contribution in [0, 0.1) is 24.7 Å². The highest BCUT2D eigenvalue weighted by atomic mass is 16.3. The van der Waals surface area contributed by atoms with Gasteiger partial charge < -0.3 is 9.73 Å². The molecule has 1 aromatic heterocycles. The van der Waals surface area contributed by atoms with Gasteiger partial charge in [0.2, 0.25) is 0 Å². The van der Waals surface area contributed by atoms with Crippen LogP contribution in [0.1, 0.15) is 63.8 Å². The van der Waals surface area contributed by atoms with Crippen LogP contribution < -0.4 is 5.32 Å². The molecule has 1 aliphatic carbocycles. The maximum absolute atomic E-state index is 5.52. The van der Waals surface area contributed by atoms with Gasteiger partial charge in [0.05, 0.1) is 6.26 Å². The minimum atomic E-state index is 0.479. The van der Waals surface area contributed by atoms with Crippen molar-refractivity contribution < 1.29 is 4.42 Å². The fraction of sp³-hybridized carbons (Fsp3) is 0.765.